The summed E-state index contributed by atoms with van der Waals surface area (Å²) in [4.78, 5) is 41.3. The van der Waals surface area contributed by atoms with E-state index in [0.29, 0.717) is 24.2 Å². The van der Waals surface area contributed by atoms with Gasteiger partial charge in [0, 0.05) is 25.2 Å². The number of carbonyl (C=O) groups is 3. The van der Waals surface area contributed by atoms with E-state index in [2.05, 4.69) is 49.3 Å². The monoisotopic (exact) mass is 618 g/mol. The molecule has 1 aromatic rings. The van der Waals surface area contributed by atoms with Gasteiger partial charge in [-0.2, -0.15) is 0 Å². The molecule has 0 bridgehead atoms. The zero-order valence-electron chi connectivity index (χ0n) is 27.7. The fourth-order valence-corrected chi connectivity index (χ4v) is 9.38. The molecule has 246 valence electrons. The molecule has 2 fully saturated rings. The molecule has 0 radical (unpaired) electrons. The highest BCUT2D eigenvalue weighted by atomic mass is 16.5. The predicted molar refractivity (Wildman–Crippen MR) is 176 cm³/mol. The maximum Gasteiger partial charge on any atom is 0.326 e. The summed E-state index contributed by atoms with van der Waals surface area (Å²) in [5.74, 6) is 0.166. The van der Waals surface area contributed by atoms with E-state index in [4.69, 9.17) is 4.74 Å². The lowest BCUT2D eigenvalue weighted by Gasteiger charge is -2.57. The number of rotatable bonds is 14. The van der Waals surface area contributed by atoms with Crippen molar-refractivity contribution < 1.29 is 24.2 Å². The summed E-state index contributed by atoms with van der Waals surface area (Å²) in [6, 6.07) is 3.34. The van der Waals surface area contributed by atoms with Gasteiger partial charge < -0.3 is 15.2 Å². The van der Waals surface area contributed by atoms with Crippen LogP contribution in [-0.2, 0) is 19.1 Å². The van der Waals surface area contributed by atoms with Crippen molar-refractivity contribution in [3.63, 3.8) is 0 Å². The summed E-state index contributed by atoms with van der Waals surface area (Å²) in [5, 5.41) is 12.2. The first kappa shape index (κ1) is 33.4. The molecule has 0 aromatic carbocycles. The Balaban J connectivity index is 1.09. The molecule has 0 saturated heterocycles. The van der Waals surface area contributed by atoms with E-state index >= 15 is 0 Å². The van der Waals surface area contributed by atoms with Crippen LogP contribution in [0.5, 0.6) is 0 Å². The second kappa shape index (κ2) is 14.6. The number of aromatic nitrogens is 1. The molecule has 1 amide bonds. The van der Waals surface area contributed by atoms with Gasteiger partial charge in [-0.15, -0.1) is 0 Å². The van der Waals surface area contributed by atoms with E-state index in [1.807, 2.05) is 18.5 Å². The molecule has 1 heterocycles. The van der Waals surface area contributed by atoms with Crippen LogP contribution in [0.4, 0.5) is 0 Å². The summed E-state index contributed by atoms with van der Waals surface area (Å²) in [7, 11) is 0. The Morgan fingerprint density at radius 3 is 2.53 bits per heavy atom. The molecule has 5 rings (SSSR count). The van der Waals surface area contributed by atoms with Crippen LogP contribution >= 0.6 is 0 Å². The molecular formula is C38H54N2O5. The van der Waals surface area contributed by atoms with Gasteiger partial charge in [0.15, 0.2) is 0 Å². The molecule has 4 aliphatic rings. The third-order valence-electron chi connectivity index (χ3n) is 11.9. The number of carboxylic acid groups (broad SMARTS) is 1. The molecule has 0 aliphatic heterocycles. The maximum absolute atomic E-state index is 12.8. The van der Waals surface area contributed by atoms with Crippen LogP contribution in [0.3, 0.4) is 0 Å². The maximum atomic E-state index is 12.8. The van der Waals surface area contributed by atoms with Crippen LogP contribution in [-0.4, -0.2) is 40.1 Å². The minimum absolute atomic E-state index is 0.0285. The quantitative estimate of drug-likeness (QED) is 0.124. The second-order valence-electron chi connectivity index (χ2n) is 14.7. The normalized spacial score (nSPS) is 31.0. The first-order valence-electron chi connectivity index (χ1n) is 17.7. The highest BCUT2D eigenvalue weighted by Crippen LogP contribution is 2.66. The summed E-state index contributed by atoms with van der Waals surface area (Å²) in [6.45, 7) is 7.10. The van der Waals surface area contributed by atoms with Crippen LogP contribution in [0.25, 0.3) is 5.57 Å². The summed E-state index contributed by atoms with van der Waals surface area (Å²) in [5.41, 5.74) is 4.55. The number of amides is 1. The number of pyridine rings is 1. The molecule has 4 aliphatic carbocycles. The molecule has 3 unspecified atom stereocenters. The third-order valence-corrected chi connectivity index (χ3v) is 11.9. The Hall–Kier alpha value is -2.96. The van der Waals surface area contributed by atoms with Gasteiger partial charge >= 0.3 is 11.9 Å². The Morgan fingerprint density at radius 2 is 1.78 bits per heavy atom. The standard InChI is InChI=1S/C38H54N2O5/c1-4-5-6-7-8-9-12-33(36(43)44)40-34(41)17-18-35(42)45-28-19-21-37(2)27(24-28)13-14-29-31-16-15-30(26-11-10-23-39-25-26)38(31,3)22-20-32(29)37/h10-11,13,15,23,25,28-29,31-33H,4-9,12,14,16-22,24H2,1-3H3,(H,40,41)(H,43,44)/t28-,29-,31?,32?,33?,37-,38+/m0/s1. The number of fused-ring (bicyclic) bond motifs is 5. The average Bonchev–Trinajstić information content (AvgIpc) is 3.39. The number of carbonyl (C=O) groups excluding carboxylic acids is 2. The molecule has 1 aromatic heterocycles. The molecule has 0 spiro atoms. The van der Waals surface area contributed by atoms with Gasteiger partial charge in [0.05, 0.1) is 6.42 Å². The number of esters is 1. The second-order valence-corrected chi connectivity index (χ2v) is 14.7. The Kier molecular flexibility index (Phi) is 10.9. The largest absolute Gasteiger partial charge is 0.480 e. The van der Waals surface area contributed by atoms with Gasteiger partial charge in [0.2, 0.25) is 5.91 Å². The minimum Gasteiger partial charge on any atom is -0.480 e. The lowest BCUT2D eigenvalue weighted by Crippen LogP contribution is -2.50. The fourth-order valence-electron chi connectivity index (χ4n) is 9.38. The van der Waals surface area contributed by atoms with Gasteiger partial charge in [-0.25, -0.2) is 4.79 Å². The average molecular weight is 619 g/mol. The summed E-state index contributed by atoms with van der Waals surface area (Å²) < 4.78 is 5.89. The number of nitrogens with one attached hydrogen (secondary N) is 1. The van der Waals surface area contributed by atoms with Gasteiger partial charge in [0.1, 0.15) is 12.1 Å². The molecular weight excluding hydrogens is 564 g/mol. The molecule has 2 N–H and O–H groups in total. The van der Waals surface area contributed by atoms with Crippen molar-refractivity contribution in [3.8, 4) is 0 Å². The van der Waals surface area contributed by atoms with Crippen LogP contribution < -0.4 is 5.32 Å². The number of aliphatic carboxylic acids is 1. The van der Waals surface area contributed by atoms with E-state index in [1.165, 1.54) is 42.4 Å². The van der Waals surface area contributed by atoms with Crippen LogP contribution in [0.2, 0.25) is 0 Å². The topological polar surface area (TPSA) is 106 Å². The van der Waals surface area contributed by atoms with Crippen molar-refractivity contribution in [2.45, 2.75) is 136 Å². The van der Waals surface area contributed by atoms with Crippen LogP contribution in [0.15, 0.2) is 42.3 Å². The number of ether oxygens (including phenoxy) is 1. The smallest absolute Gasteiger partial charge is 0.326 e. The van der Waals surface area contributed by atoms with Crippen molar-refractivity contribution >= 4 is 23.4 Å². The highest BCUT2D eigenvalue weighted by Gasteiger charge is 2.57. The van der Waals surface area contributed by atoms with Gasteiger partial charge in [-0.05, 0) is 90.7 Å². The minimum atomic E-state index is -1.02. The van der Waals surface area contributed by atoms with Crippen LogP contribution in [0, 0.1) is 28.6 Å². The van der Waals surface area contributed by atoms with Gasteiger partial charge in [-0.1, -0.05) is 83.1 Å². The lowest BCUT2D eigenvalue weighted by atomic mass is 9.47. The number of nitrogens with zero attached hydrogens (tertiary/aromatic N) is 1. The van der Waals surface area contributed by atoms with E-state index in [0.717, 1.165) is 57.8 Å². The SMILES string of the molecule is CCCCCCCCC(NC(=O)CCC(=O)O[C@H]1CC[C@@]2(C)C(=CC[C@@H]3C2CC[C@]2(C)C(c4cccnc4)=CCC32)C1)C(=O)O. The third kappa shape index (κ3) is 7.38. The number of allylic oxidation sites excluding steroid dienone is 3. The molecule has 45 heavy (non-hydrogen) atoms. The van der Waals surface area contributed by atoms with Crippen LogP contribution in [0.1, 0.15) is 129 Å². The molecule has 7 nitrogen and oxygen atoms in total. The lowest BCUT2D eigenvalue weighted by molar-refractivity contribution is -0.152. The fraction of sp³-hybridized carbons (Fsp3) is 0.684. The van der Waals surface area contributed by atoms with E-state index in [9.17, 15) is 19.5 Å². The van der Waals surface area contributed by atoms with Crippen molar-refractivity contribution in [2.24, 2.45) is 28.6 Å². The predicted octanol–water partition coefficient (Wildman–Crippen LogP) is 8.05. The van der Waals surface area contributed by atoms with E-state index in [-0.39, 0.29) is 35.7 Å². The highest BCUT2D eigenvalue weighted by molar-refractivity contribution is 5.85. The molecule has 7 heteroatoms. The van der Waals surface area contributed by atoms with Crippen molar-refractivity contribution in [2.75, 3.05) is 0 Å². The first-order valence-corrected chi connectivity index (χ1v) is 17.7. The van der Waals surface area contributed by atoms with Crippen molar-refractivity contribution in [1.29, 1.82) is 0 Å². The molecule has 7 atom stereocenters. The first-order chi connectivity index (χ1) is 21.7. The van der Waals surface area contributed by atoms with Gasteiger partial charge in [-0.3, -0.25) is 14.6 Å². The van der Waals surface area contributed by atoms with Crippen molar-refractivity contribution in [1.82, 2.24) is 10.3 Å². The zero-order chi connectivity index (χ0) is 32.0. The van der Waals surface area contributed by atoms with Gasteiger partial charge in [0.25, 0.3) is 0 Å². The number of unbranched alkanes of at least 4 members (excludes halogenated alkanes) is 5. The van der Waals surface area contributed by atoms with Crippen molar-refractivity contribution in [3.05, 3.63) is 47.8 Å². The Bertz CT molecular complexity index is 1270. The Morgan fingerprint density at radius 1 is 1.00 bits per heavy atom. The van der Waals surface area contributed by atoms with E-state index in [1.54, 1.807) is 0 Å². The summed E-state index contributed by atoms with van der Waals surface area (Å²) in [6.07, 6.45) is 22.6. The molecule has 2 saturated carbocycles. The zero-order valence-corrected chi connectivity index (χ0v) is 27.7. The summed E-state index contributed by atoms with van der Waals surface area (Å²) >= 11 is 0. The van der Waals surface area contributed by atoms with E-state index < -0.39 is 17.9 Å². The number of hydrogen-bond donors (Lipinski definition) is 2. The Labute approximate surface area is 269 Å². The number of hydrogen-bond acceptors (Lipinski definition) is 5. The number of carboxylic acids is 1.